The molecule has 0 N–H and O–H groups in total. The lowest BCUT2D eigenvalue weighted by Crippen LogP contribution is -2.27. The second-order valence-corrected chi connectivity index (χ2v) is 7.17. The van der Waals surface area contributed by atoms with Gasteiger partial charge in [0.15, 0.2) is 5.65 Å². The van der Waals surface area contributed by atoms with E-state index in [0.29, 0.717) is 19.8 Å². The van der Waals surface area contributed by atoms with Gasteiger partial charge in [-0.1, -0.05) is 12.0 Å². The number of ether oxygens (including phenoxy) is 2. The second-order valence-electron chi connectivity index (χ2n) is 7.17. The van der Waals surface area contributed by atoms with E-state index in [9.17, 15) is 0 Å². The Balaban J connectivity index is 1.99. The lowest BCUT2D eigenvalue weighted by atomic mass is 10.0. The topological polar surface area (TPSA) is 51.9 Å². The van der Waals surface area contributed by atoms with Crippen LogP contribution in [0.3, 0.4) is 0 Å². The van der Waals surface area contributed by atoms with Crippen molar-refractivity contribution in [3.8, 4) is 28.7 Å². The summed E-state index contributed by atoms with van der Waals surface area (Å²) < 4.78 is 13.1. The minimum absolute atomic E-state index is 0.529. The van der Waals surface area contributed by atoms with E-state index in [1.807, 2.05) is 30.5 Å². The molecule has 6 nitrogen and oxygen atoms in total. The maximum Gasteiger partial charge on any atom is 0.165 e. The fourth-order valence-corrected chi connectivity index (χ4v) is 3.93. The molecule has 0 atom stereocenters. The van der Waals surface area contributed by atoms with Crippen LogP contribution in [0.15, 0.2) is 18.2 Å². The molecule has 3 aromatic rings. The summed E-state index contributed by atoms with van der Waals surface area (Å²) in [5, 5.41) is 4.91. The number of fused-ring (bicyclic) bond motifs is 2. The van der Waals surface area contributed by atoms with Gasteiger partial charge in [0.25, 0.3) is 0 Å². The van der Waals surface area contributed by atoms with Gasteiger partial charge in [-0.25, -0.2) is 4.98 Å². The first-order valence-corrected chi connectivity index (χ1v) is 9.87. The third kappa shape index (κ3) is 3.22. The van der Waals surface area contributed by atoms with Crippen molar-refractivity contribution in [2.75, 3.05) is 25.1 Å². The first-order chi connectivity index (χ1) is 14.1. The molecular weight excluding hydrogens is 364 g/mol. The molecule has 2 aromatic heterocycles. The van der Waals surface area contributed by atoms with E-state index >= 15 is 0 Å². The zero-order valence-corrected chi connectivity index (χ0v) is 17.7. The molecule has 29 heavy (non-hydrogen) atoms. The Labute approximate surface area is 171 Å². The Kier molecular flexibility index (Phi) is 5.16. The number of nitrogens with zero attached hydrogens (tertiary/aromatic N) is 4. The van der Waals surface area contributed by atoms with Crippen LogP contribution < -0.4 is 9.64 Å². The molecule has 0 bridgehead atoms. The van der Waals surface area contributed by atoms with Crippen LogP contribution in [0.4, 0.5) is 5.82 Å². The second kappa shape index (κ2) is 7.76. The van der Waals surface area contributed by atoms with Crippen molar-refractivity contribution in [1.82, 2.24) is 14.6 Å². The number of rotatable bonds is 5. The van der Waals surface area contributed by atoms with E-state index in [1.165, 1.54) is 0 Å². The largest absolute Gasteiger partial charge is 0.497 e. The Hall–Kier alpha value is -3.04. The van der Waals surface area contributed by atoms with Gasteiger partial charge in [-0.3, -0.25) is 0 Å². The van der Waals surface area contributed by atoms with Crippen LogP contribution in [0.2, 0.25) is 0 Å². The summed E-state index contributed by atoms with van der Waals surface area (Å²) in [7, 11) is 1.69. The standard InChI is InChI=1S/C23H26N4O2/c1-6-8-11-26(7-2)23-19-13-29-14-20(19)24-22-21(16(4)25-27(22)23)18-10-9-17(28-5)12-15(18)3/h9-10,12H,7,11,13-14H2,1-5H3. The van der Waals surface area contributed by atoms with Crippen molar-refractivity contribution in [2.24, 2.45) is 0 Å². The third-order valence-corrected chi connectivity index (χ3v) is 5.41. The minimum atomic E-state index is 0.529. The minimum Gasteiger partial charge on any atom is -0.497 e. The zero-order valence-electron chi connectivity index (χ0n) is 17.7. The van der Waals surface area contributed by atoms with Crippen molar-refractivity contribution in [2.45, 2.75) is 40.9 Å². The summed E-state index contributed by atoms with van der Waals surface area (Å²) in [6.07, 6.45) is 0. The van der Waals surface area contributed by atoms with Gasteiger partial charge in [0.2, 0.25) is 0 Å². The fraction of sp³-hybridized carbons (Fsp3) is 0.391. The lowest BCUT2D eigenvalue weighted by molar-refractivity contribution is 0.133. The summed E-state index contributed by atoms with van der Waals surface area (Å²) in [5.74, 6) is 8.07. The van der Waals surface area contributed by atoms with Crippen LogP contribution in [0, 0.1) is 25.7 Å². The highest BCUT2D eigenvalue weighted by atomic mass is 16.5. The van der Waals surface area contributed by atoms with Gasteiger partial charge in [-0.05, 0) is 51.0 Å². The molecule has 0 aliphatic carbocycles. The predicted molar refractivity (Wildman–Crippen MR) is 114 cm³/mol. The molecule has 0 amide bonds. The molecule has 0 fully saturated rings. The molecule has 0 saturated carbocycles. The molecular formula is C23H26N4O2. The summed E-state index contributed by atoms with van der Waals surface area (Å²) in [4.78, 5) is 7.22. The molecule has 3 heterocycles. The summed E-state index contributed by atoms with van der Waals surface area (Å²) in [6, 6.07) is 6.12. The first-order valence-electron chi connectivity index (χ1n) is 9.87. The number of benzene rings is 1. The molecule has 6 heteroatoms. The highest BCUT2D eigenvalue weighted by Gasteiger charge is 2.27. The van der Waals surface area contributed by atoms with Gasteiger partial charge in [0, 0.05) is 17.7 Å². The number of methoxy groups -OCH3 is 1. The third-order valence-electron chi connectivity index (χ3n) is 5.41. The number of hydrogen-bond acceptors (Lipinski definition) is 5. The highest BCUT2D eigenvalue weighted by molar-refractivity contribution is 5.83. The monoisotopic (exact) mass is 390 g/mol. The number of aryl methyl sites for hydroxylation is 2. The van der Waals surface area contributed by atoms with Crippen molar-refractivity contribution < 1.29 is 9.47 Å². The van der Waals surface area contributed by atoms with E-state index in [-0.39, 0.29) is 0 Å². The zero-order chi connectivity index (χ0) is 20.5. The van der Waals surface area contributed by atoms with Crippen LogP contribution in [0.5, 0.6) is 5.75 Å². The van der Waals surface area contributed by atoms with Crippen LogP contribution in [0.1, 0.15) is 36.4 Å². The molecule has 0 spiro atoms. The maximum absolute atomic E-state index is 5.74. The van der Waals surface area contributed by atoms with Crippen LogP contribution >= 0.6 is 0 Å². The molecule has 1 aliphatic rings. The number of anilines is 1. The predicted octanol–water partition coefficient (Wildman–Crippen LogP) is 3.90. The quantitative estimate of drug-likeness (QED) is 0.619. The van der Waals surface area contributed by atoms with Gasteiger partial charge in [0.05, 0.1) is 38.3 Å². The van der Waals surface area contributed by atoms with Gasteiger partial charge in [-0.15, -0.1) is 5.92 Å². The molecule has 150 valence electrons. The van der Waals surface area contributed by atoms with Crippen molar-refractivity contribution >= 4 is 11.5 Å². The Morgan fingerprint density at radius 2 is 2.10 bits per heavy atom. The van der Waals surface area contributed by atoms with Gasteiger partial charge < -0.3 is 14.4 Å². The molecule has 0 unspecified atom stereocenters. The molecule has 0 saturated heterocycles. The first kappa shape index (κ1) is 19.3. The summed E-state index contributed by atoms with van der Waals surface area (Å²) in [6.45, 7) is 10.7. The highest BCUT2D eigenvalue weighted by Crippen LogP contribution is 2.37. The molecule has 4 rings (SSSR count). The average Bonchev–Trinajstić information content (AvgIpc) is 3.31. The van der Waals surface area contributed by atoms with Gasteiger partial charge in [0.1, 0.15) is 11.6 Å². The molecule has 1 aromatic carbocycles. The lowest BCUT2D eigenvalue weighted by Gasteiger charge is -2.23. The van der Waals surface area contributed by atoms with E-state index < -0.39 is 0 Å². The maximum atomic E-state index is 5.74. The van der Waals surface area contributed by atoms with Crippen molar-refractivity contribution in [3.05, 3.63) is 40.7 Å². The number of hydrogen-bond donors (Lipinski definition) is 0. The average molecular weight is 390 g/mol. The fourth-order valence-electron chi connectivity index (χ4n) is 3.93. The van der Waals surface area contributed by atoms with Gasteiger partial charge >= 0.3 is 0 Å². The van der Waals surface area contributed by atoms with Gasteiger partial charge in [-0.2, -0.15) is 9.61 Å². The van der Waals surface area contributed by atoms with Crippen LogP contribution in [0.25, 0.3) is 16.8 Å². The number of aromatic nitrogens is 3. The van der Waals surface area contributed by atoms with Crippen LogP contribution in [-0.4, -0.2) is 34.8 Å². The van der Waals surface area contributed by atoms with E-state index in [4.69, 9.17) is 19.6 Å². The van der Waals surface area contributed by atoms with Crippen molar-refractivity contribution in [3.63, 3.8) is 0 Å². The SMILES string of the molecule is CC#CCN(CC)c1c2c(nc3c(-c4ccc(OC)cc4C)c(C)nn13)COC2. The molecule has 0 radical (unpaired) electrons. The molecule has 1 aliphatic heterocycles. The summed E-state index contributed by atoms with van der Waals surface area (Å²) >= 11 is 0. The van der Waals surface area contributed by atoms with E-state index in [1.54, 1.807) is 7.11 Å². The smallest absolute Gasteiger partial charge is 0.165 e. The van der Waals surface area contributed by atoms with Crippen molar-refractivity contribution in [1.29, 1.82) is 0 Å². The Morgan fingerprint density at radius 3 is 2.79 bits per heavy atom. The Morgan fingerprint density at radius 1 is 1.28 bits per heavy atom. The Bertz CT molecular complexity index is 1140. The van der Waals surface area contributed by atoms with E-state index in [0.717, 1.165) is 57.4 Å². The van der Waals surface area contributed by atoms with E-state index in [2.05, 4.69) is 36.7 Å². The normalized spacial score (nSPS) is 12.6. The van der Waals surface area contributed by atoms with Crippen LogP contribution in [-0.2, 0) is 18.0 Å². The summed E-state index contributed by atoms with van der Waals surface area (Å²) in [5.41, 5.74) is 7.21.